The number of anilines is 1. The highest BCUT2D eigenvalue weighted by Crippen LogP contribution is 2.26. The van der Waals surface area contributed by atoms with Crippen molar-refractivity contribution in [2.45, 2.75) is 39.5 Å². The van der Waals surface area contributed by atoms with Crippen LogP contribution in [0.5, 0.6) is 0 Å². The van der Waals surface area contributed by atoms with Gasteiger partial charge < -0.3 is 10.3 Å². The SMILES string of the molecule is CCCC(CCC)C(=O)Nc1ccc(-c2nc3cc4ccccc4cc3[nH]2)cc1. The van der Waals surface area contributed by atoms with Crippen LogP contribution in [-0.4, -0.2) is 15.9 Å². The lowest BCUT2D eigenvalue weighted by Gasteiger charge is -2.15. The zero-order valence-corrected chi connectivity index (χ0v) is 17.0. The number of imidazole rings is 1. The molecule has 29 heavy (non-hydrogen) atoms. The minimum atomic E-state index is 0.0918. The monoisotopic (exact) mass is 385 g/mol. The van der Waals surface area contributed by atoms with E-state index in [1.807, 2.05) is 36.4 Å². The predicted octanol–water partition coefficient (Wildman–Crippen LogP) is 6.54. The summed E-state index contributed by atoms with van der Waals surface area (Å²) in [7, 11) is 0. The molecule has 2 N–H and O–H groups in total. The highest BCUT2D eigenvalue weighted by Gasteiger charge is 2.16. The molecule has 0 bridgehead atoms. The summed E-state index contributed by atoms with van der Waals surface area (Å²) >= 11 is 0. The minimum Gasteiger partial charge on any atom is -0.338 e. The van der Waals surface area contributed by atoms with Crippen molar-refractivity contribution in [3.8, 4) is 11.4 Å². The fraction of sp³-hybridized carbons (Fsp3) is 0.280. The van der Waals surface area contributed by atoms with Gasteiger partial charge in [0, 0.05) is 17.2 Å². The Balaban J connectivity index is 1.54. The van der Waals surface area contributed by atoms with Gasteiger partial charge in [-0.1, -0.05) is 51.0 Å². The van der Waals surface area contributed by atoms with E-state index in [0.29, 0.717) is 0 Å². The van der Waals surface area contributed by atoms with E-state index in [2.05, 4.69) is 48.4 Å². The number of amides is 1. The average Bonchev–Trinajstić information content (AvgIpc) is 3.15. The molecule has 0 saturated heterocycles. The molecule has 148 valence electrons. The number of H-pyrrole nitrogens is 1. The number of hydrogen-bond donors (Lipinski definition) is 2. The highest BCUT2D eigenvalue weighted by molar-refractivity contribution is 5.96. The zero-order valence-electron chi connectivity index (χ0n) is 17.0. The zero-order chi connectivity index (χ0) is 20.2. The molecule has 0 aliphatic rings. The van der Waals surface area contributed by atoms with Crippen molar-refractivity contribution in [2.75, 3.05) is 5.32 Å². The van der Waals surface area contributed by atoms with Crippen molar-refractivity contribution in [1.29, 1.82) is 0 Å². The van der Waals surface area contributed by atoms with E-state index in [1.165, 1.54) is 10.8 Å². The molecule has 4 aromatic rings. The van der Waals surface area contributed by atoms with Gasteiger partial charge in [-0.2, -0.15) is 0 Å². The normalized spacial score (nSPS) is 11.4. The second-order valence-corrected chi connectivity index (χ2v) is 7.64. The Morgan fingerprint density at radius 2 is 1.62 bits per heavy atom. The molecular formula is C25H27N3O. The average molecular weight is 386 g/mol. The van der Waals surface area contributed by atoms with Crippen molar-refractivity contribution < 1.29 is 4.79 Å². The molecule has 0 atom stereocenters. The Morgan fingerprint density at radius 3 is 2.28 bits per heavy atom. The fourth-order valence-electron chi connectivity index (χ4n) is 3.89. The van der Waals surface area contributed by atoms with Crippen LogP contribution in [0.4, 0.5) is 5.69 Å². The fourth-order valence-corrected chi connectivity index (χ4v) is 3.89. The third-order valence-electron chi connectivity index (χ3n) is 5.42. The van der Waals surface area contributed by atoms with Gasteiger partial charge in [0.05, 0.1) is 11.0 Å². The van der Waals surface area contributed by atoms with Gasteiger partial charge in [-0.25, -0.2) is 4.98 Å². The van der Waals surface area contributed by atoms with Gasteiger partial charge in [-0.3, -0.25) is 4.79 Å². The number of aromatic nitrogens is 2. The third-order valence-corrected chi connectivity index (χ3v) is 5.42. The smallest absolute Gasteiger partial charge is 0.227 e. The number of carbonyl (C=O) groups is 1. The maximum atomic E-state index is 12.6. The molecule has 1 aromatic heterocycles. The van der Waals surface area contributed by atoms with Crippen LogP contribution < -0.4 is 5.32 Å². The van der Waals surface area contributed by atoms with E-state index in [9.17, 15) is 4.79 Å². The number of rotatable bonds is 7. The molecule has 3 aromatic carbocycles. The van der Waals surface area contributed by atoms with Crippen molar-refractivity contribution in [2.24, 2.45) is 5.92 Å². The summed E-state index contributed by atoms with van der Waals surface area (Å²) in [5, 5.41) is 5.45. The maximum Gasteiger partial charge on any atom is 0.227 e. The third kappa shape index (κ3) is 4.16. The largest absolute Gasteiger partial charge is 0.338 e. The standard InChI is InChI=1S/C25H27N3O/c1-3-7-18(8-4-2)25(29)26-21-13-11-17(12-14-21)24-27-22-15-19-9-5-6-10-20(19)16-23(22)28-24/h5-6,9-16,18H,3-4,7-8H2,1-2H3,(H,26,29)(H,27,28). The highest BCUT2D eigenvalue weighted by atomic mass is 16.1. The number of benzene rings is 3. The maximum absolute atomic E-state index is 12.6. The number of hydrogen-bond acceptors (Lipinski definition) is 2. The summed E-state index contributed by atoms with van der Waals surface area (Å²) in [5.74, 6) is 1.05. The Labute approximate surface area is 171 Å². The predicted molar refractivity (Wildman–Crippen MR) is 121 cm³/mol. The van der Waals surface area contributed by atoms with Gasteiger partial charge in [0.1, 0.15) is 5.82 Å². The summed E-state index contributed by atoms with van der Waals surface area (Å²) in [6.45, 7) is 4.25. The summed E-state index contributed by atoms with van der Waals surface area (Å²) in [6, 6.07) is 20.5. The molecule has 0 unspecified atom stereocenters. The summed E-state index contributed by atoms with van der Waals surface area (Å²) in [4.78, 5) is 20.7. The van der Waals surface area contributed by atoms with Crippen molar-refractivity contribution >= 4 is 33.4 Å². The summed E-state index contributed by atoms with van der Waals surface area (Å²) in [6.07, 6.45) is 3.92. The number of nitrogens with one attached hydrogen (secondary N) is 2. The number of nitrogens with zero attached hydrogens (tertiary/aromatic N) is 1. The minimum absolute atomic E-state index is 0.0918. The molecule has 0 aliphatic carbocycles. The Morgan fingerprint density at radius 1 is 0.966 bits per heavy atom. The molecule has 0 saturated carbocycles. The number of fused-ring (bicyclic) bond motifs is 2. The van der Waals surface area contributed by atoms with Crippen molar-refractivity contribution in [3.05, 3.63) is 60.7 Å². The van der Waals surface area contributed by atoms with Crippen LogP contribution in [0.1, 0.15) is 39.5 Å². The van der Waals surface area contributed by atoms with Gasteiger partial charge >= 0.3 is 0 Å². The van der Waals surface area contributed by atoms with E-state index in [4.69, 9.17) is 4.98 Å². The van der Waals surface area contributed by atoms with E-state index < -0.39 is 0 Å². The van der Waals surface area contributed by atoms with Crippen LogP contribution in [0.2, 0.25) is 0 Å². The van der Waals surface area contributed by atoms with Crippen LogP contribution in [-0.2, 0) is 4.79 Å². The first-order valence-electron chi connectivity index (χ1n) is 10.5. The summed E-state index contributed by atoms with van der Waals surface area (Å²) in [5.41, 5.74) is 3.82. The van der Waals surface area contributed by atoms with Crippen LogP contribution in [0, 0.1) is 5.92 Å². The molecule has 0 radical (unpaired) electrons. The molecule has 4 nitrogen and oxygen atoms in total. The van der Waals surface area contributed by atoms with E-state index in [-0.39, 0.29) is 11.8 Å². The second-order valence-electron chi connectivity index (χ2n) is 7.64. The molecule has 1 amide bonds. The van der Waals surface area contributed by atoms with Crippen molar-refractivity contribution in [1.82, 2.24) is 9.97 Å². The number of aromatic amines is 1. The van der Waals surface area contributed by atoms with Gasteiger partial charge in [-0.15, -0.1) is 0 Å². The lowest BCUT2D eigenvalue weighted by molar-refractivity contribution is -0.120. The molecule has 4 heteroatoms. The molecule has 1 heterocycles. The number of carbonyl (C=O) groups excluding carboxylic acids is 1. The topological polar surface area (TPSA) is 57.8 Å². The first-order valence-corrected chi connectivity index (χ1v) is 10.5. The molecule has 0 aliphatic heterocycles. The molecule has 0 fully saturated rings. The lowest BCUT2D eigenvalue weighted by Crippen LogP contribution is -2.22. The van der Waals surface area contributed by atoms with Crippen LogP contribution in [0.3, 0.4) is 0 Å². The van der Waals surface area contributed by atoms with Gasteiger partial charge in [0.15, 0.2) is 0 Å². The molecular weight excluding hydrogens is 358 g/mol. The van der Waals surface area contributed by atoms with Crippen LogP contribution in [0.25, 0.3) is 33.2 Å². The van der Waals surface area contributed by atoms with Crippen LogP contribution in [0.15, 0.2) is 60.7 Å². The second kappa shape index (κ2) is 8.48. The first-order chi connectivity index (χ1) is 14.2. The molecule has 4 rings (SSSR count). The van der Waals surface area contributed by atoms with Gasteiger partial charge in [0.2, 0.25) is 5.91 Å². The van der Waals surface area contributed by atoms with Gasteiger partial charge in [0.25, 0.3) is 0 Å². The van der Waals surface area contributed by atoms with E-state index >= 15 is 0 Å². The Bertz CT molecular complexity index is 1070. The van der Waals surface area contributed by atoms with E-state index in [0.717, 1.165) is 53.8 Å². The first kappa shape index (κ1) is 19.2. The Hall–Kier alpha value is -3.14. The van der Waals surface area contributed by atoms with Crippen molar-refractivity contribution in [3.63, 3.8) is 0 Å². The molecule has 0 spiro atoms. The van der Waals surface area contributed by atoms with Crippen LogP contribution >= 0.6 is 0 Å². The Kier molecular flexibility index (Phi) is 5.61. The van der Waals surface area contributed by atoms with E-state index in [1.54, 1.807) is 0 Å². The lowest BCUT2D eigenvalue weighted by atomic mass is 9.97. The summed E-state index contributed by atoms with van der Waals surface area (Å²) < 4.78 is 0. The quantitative estimate of drug-likeness (QED) is 0.379. The van der Waals surface area contributed by atoms with Gasteiger partial charge in [-0.05, 0) is 60.0 Å².